The summed E-state index contributed by atoms with van der Waals surface area (Å²) in [6.45, 7) is 4.29. The van der Waals surface area contributed by atoms with E-state index in [4.69, 9.17) is 5.73 Å². The molecule has 1 aliphatic carbocycles. The van der Waals surface area contributed by atoms with E-state index in [1.807, 2.05) is 0 Å². The minimum Gasteiger partial charge on any atom is -0.324 e. The summed E-state index contributed by atoms with van der Waals surface area (Å²) in [5.74, 6) is 0.752. The molecule has 1 nitrogen and oxygen atoms in total. The minimum absolute atomic E-state index is 0. The highest BCUT2D eigenvalue weighted by atomic mass is 35.5. The number of benzene rings is 1. The van der Waals surface area contributed by atoms with Gasteiger partial charge in [-0.1, -0.05) is 18.2 Å². The van der Waals surface area contributed by atoms with Crippen molar-refractivity contribution in [1.82, 2.24) is 0 Å². The van der Waals surface area contributed by atoms with Crippen molar-refractivity contribution in [2.75, 3.05) is 0 Å². The molecule has 0 saturated heterocycles. The van der Waals surface area contributed by atoms with Crippen LogP contribution >= 0.6 is 12.4 Å². The Balaban J connectivity index is 0.000000980. The predicted octanol–water partition coefficient (Wildman–Crippen LogP) is 3.14. The molecule has 0 bridgehead atoms. The van der Waals surface area contributed by atoms with E-state index in [1.165, 1.54) is 29.5 Å². The topological polar surface area (TPSA) is 26.0 Å². The zero-order chi connectivity index (χ0) is 9.42. The molecule has 0 spiro atoms. The molecule has 1 atom stereocenters. The van der Waals surface area contributed by atoms with Gasteiger partial charge < -0.3 is 5.73 Å². The van der Waals surface area contributed by atoms with Crippen LogP contribution in [0, 0.1) is 19.8 Å². The number of nitrogens with two attached hydrogens (primary N) is 1. The van der Waals surface area contributed by atoms with Crippen LogP contribution in [0.25, 0.3) is 0 Å². The van der Waals surface area contributed by atoms with Gasteiger partial charge in [-0.3, -0.25) is 0 Å². The molecule has 0 aliphatic heterocycles. The molecule has 0 heterocycles. The molecule has 1 aliphatic rings. The van der Waals surface area contributed by atoms with E-state index in [2.05, 4.69) is 32.0 Å². The Bertz CT molecular complexity index is 318. The van der Waals surface area contributed by atoms with Crippen molar-refractivity contribution in [2.24, 2.45) is 11.7 Å². The molecular weight excluding hydrogens is 194 g/mol. The van der Waals surface area contributed by atoms with Gasteiger partial charge in [0.2, 0.25) is 0 Å². The van der Waals surface area contributed by atoms with Crippen LogP contribution in [0.3, 0.4) is 0 Å². The Kier molecular flexibility index (Phi) is 3.57. The monoisotopic (exact) mass is 211 g/mol. The van der Waals surface area contributed by atoms with Crippen molar-refractivity contribution in [3.05, 3.63) is 34.9 Å². The second-order valence-electron chi connectivity index (χ2n) is 4.21. The van der Waals surface area contributed by atoms with Crippen LogP contribution in [0.15, 0.2) is 18.2 Å². The molecule has 0 aromatic heterocycles. The van der Waals surface area contributed by atoms with E-state index in [-0.39, 0.29) is 18.4 Å². The third-order valence-corrected chi connectivity index (χ3v) is 3.05. The summed E-state index contributed by atoms with van der Waals surface area (Å²) in [5, 5.41) is 0. The van der Waals surface area contributed by atoms with Crippen LogP contribution in [-0.2, 0) is 0 Å². The summed E-state index contributed by atoms with van der Waals surface area (Å²) >= 11 is 0. The first-order valence-electron chi connectivity index (χ1n) is 5.01. The van der Waals surface area contributed by atoms with Gasteiger partial charge in [0.1, 0.15) is 0 Å². The Labute approximate surface area is 92.1 Å². The van der Waals surface area contributed by atoms with Gasteiger partial charge in [-0.05, 0) is 49.3 Å². The fourth-order valence-electron chi connectivity index (χ4n) is 1.70. The summed E-state index contributed by atoms with van der Waals surface area (Å²) in [4.78, 5) is 0. The van der Waals surface area contributed by atoms with E-state index in [0.717, 1.165) is 5.92 Å². The maximum Gasteiger partial charge on any atom is 0.0323 e. The molecule has 0 amide bonds. The van der Waals surface area contributed by atoms with Crippen LogP contribution in [0.2, 0.25) is 0 Å². The molecule has 78 valence electrons. The highest BCUT2D eigenvalue weighted by Crippen LogP contribution is 2.39. The molecule has 0 radical (unpaired) electrons. The van der Waals surface area contributed by atoms with Crippen molar-refractivity contribution in [3.8, 4) is 0 Å². The average molecular weight is 212 g/mol. The lowest BCUT2D eigenvalue weighted by atomic mass is 9.99. The molecule has 1 fully saturated rings. The van der Waals surface area contributed by atoms with Crippen LogP contribution in [0.1, 0.15) is 35.6 Å². The van der Waals surface area contributed by atoms with Gasteiger partial charge in [-0.25, -0.2) is 0 Å². The number of rotatable bonds is 2. The molecule has 0 unspecified atom stereocenters. The van der Waals surface area contributed by atoms with Gasteiger partial charge in [0.15, 0.2) is 0 Å². The summed E-state index contributed by atoms with van der Waals surface area (Å²) in [6, 6.07) is 6.86. The fraction of sp³-hybridized carbons (Fsp3) is 0.500. The van der Waals surface area contributed by atoms with Crippen molar-refractivity contribution >= 4 is 12.4 Å². The summed E-state index contributed by atoms with van der Waals surface area (Å²) in [6.07, 6.45) is 2.63. The zero-order valence-corrected chi connectivity index (χ0v) is 9.60. The van der Waals surface area contributed by atoms with Crippen molar-refractivity contribution in [3.63, 3.8) is 0 Å². The van der Waals surface area contributed by atoms with Crippen LogP contribution in [-0.4, -0.2) is 0 Å². The quantitative estimate of drug-likeness (QED) is 0.799. The van der Waals surface area contributed by atoms with Crippen LogP contribution < -0.4 is 5.73 Å². The third-order valence-electron chi connectivity index (χ3n) is 3.05. The van der Waals surface area contributed by atoms with Crippen LogP contribution in [0.4, 0.5) is 0 Å². The lowest BCUT2D eigenvalue weighted by Gasteiger charge is -2.12. The van der Waals surface area contributed by atoms with Crippen molar-refractivity contribution < 1.29 is 0 Å². The molecule has 1 aromatic carbocycles. The Morgan fingerprint density at radius 3 is 2.36 bits per heavy atom. The first kappa shape index (κ1) is 11.5. The SMILES string of the molecule is Cc1ccc([C@@H](N)C2CC2)cc1C.Cl. The molecular formula is C12H18ClN. The summed E-state index contributed by atoms with van der Waals surface area (Å²) in [5.41, 5.74) is 10.1. The van der Waals surface area contributed by atoms with Crippen LogP contribution in [0.5, 0.6) is 0 Å². The zero-order valence-electron chi connectivity index (χ0n) is 8.79. The molecule has 14 heavy (non-hydrogen) atoms. The van der Waals surface area contributed by atoms with Gasteiger partial charge in [0.25, 0.3) is 0 Å². The highest BCUT2D eigenvalue weighted by molar-refractivity contribution is 5.85. The Morgan fingerprint density at radius 1 is 1.21 bits per heavy atom. The fourth-order valence-corrected chi connectivity index (χ4v) is 1.70. The van der Waals surface area contributed by atoms with E-state index in [0.29, 0.717) is 0 Å². The smallest absolute Gasteiger partial charge is 0.0323 e. The minimum atomic E-state index is 0. The van der Waals surface area contributed by atoms with Crippen molar-refractivity contribution in [2.45, 2.75) is 32.7 Å². The molecule has 2 heteroatoms. The first-order valence-corrected chi connectivity index (χ1v) is 5.01. The van der Waals surface area contributed by atoms with E-state index >= 15 is 0 Å². The average Bonchev–Trinajstić information content (AvgIpc) is 2.91. The standard InChI is InChI=1S/C12H17N.ClH/c1-8-3-4-11(7-9(8)2)12(13)10-5-6-10;/h3-4,7,10,12H,5-6,13H2,1-2H3;1H/t12-;/m0./s1. The normalized spacial score (nSPS) is 17.4. The van der Waals surface area contributed by atoms with Gasteiger partial charge >= 0.3 is 0 Å². The number of hydrogen-bond acceptors (Lipinski definition) is 1. The maximum absolute atomic E-state index is 6.12. The molecule has 1 aromatic rings. The predicted molar refractivity (Wildman–Crippen MR) is 62.8 cm³/mol. The lowest BCUT2D eigenvalue weighted by Crippen LogP contribution is -2.12. The van der Waals surface area contributed by atoms with Gasteiger partial charge in [-0.15, -0.1) is 12.4 Å². The number of halogens is 1. The largest absolute Gasteiger partial charge is 0.324 e. The number of aryl methyl sites for hydroxylation is 2. The maximum atomic E-state index is 6.12. The Hall–Kier alpha value is -0.530. The van der Waals surface area contributed by atoms with E-state index in [9.17, 15) is 0 Å². The van der Waals surface area contributed by atoms with Gasteiger partial charge in [0.05, 0.1) is 0 Å². The molecule has 2 N–H and O–H groups in total. The first-order chi connectivity index (χ1) is 6.18. The molecule has 2 rings (SSSR count). The Morgan fingerprint density at radius 2 is 1.86 bits per heavy atom. The van der Waals surface area contributed by atoms with E-state index in [1.54, 1.807) is 0 Å². The highest BCUT2D eigenvalue weighted by Gasteiger charge is 2.29. The van der Waals surface area contributed by atoms with Gasteiger partial charge in [0, 0.05) is 6.04 Å². The summed E-state index contributed by atoms with van der Waals surface area (Å²) < 4.78 is 0. The van der Waals surface area contributed by atoms with Gasteiger partial charge in [-0.2, -0.15) is 0 Å². The second kappa shape index (κ2) is 4.33. The lowest BCUT2D eigenvalue weighted by molar-refractivity contribution is 0.633. The second-order valence-corrected chi connectivity index (χ2v) is 4.21. The summed E-state index contributed by atoms with van der Waals surface area (Å²) in [7, 11) is 0. The molecule has 1 saturated carbocycles. The van der Waals surface area contributed by atoms with E-state index < -0.39 is 0 Å². The number of hydrogen-bond donors (Lipinski definition) is 1. The third kappa shape index (κ3) is 2.28. The van der Waals surface area contributed by atoms with Crippen molar-refractivity contribution in [1.29, 1.82) is 0 Å².